The molecule has 2 bridgehead atoms. The predicted molar refractivity (Wildman–Crippen MR) is 67.2 cm³/mol. The number of rotatable bonds is 0. The van der Waals surface area contributed by atoms with E-state index < -0.39 is 5.79 Å². The number of allylic oxidation sites excluding steroid dienone is 1. The molecule has 3 fully saturated rings. The molecule has 3 saturated heterocycles. The fraction of sp³-hybridized carbons (Fsp3) is 0.667. The fourth-order valence-corrected chi connectivity index (χ4v) is 3.88. The van der Waals surface area contributed by atoms with Crippen LogP contribution >= 0.6 is 0 Å². The van der Waals surface area contributed by atoms with E-state index in [1.165, 1.54) is 5.57 Å². The molecule has 0 aromatic carbocycles. The third kappa shape index (κ3) is 1.50. The van der Waals surface area contributed by atoms with Crippen LogP contribution in [0.4, 0.5) is 0 Å². The molecule has 3 heterocycles. The fourth-order valence-electron chi connectivity index (χ4n) is 3.88. The summed E-state index contributed by atoms with van der Waals surface area (Å²) in [5.74, 6) is -0.604. The molecule has 0 N–H and O–H groups in total. The van der Waals surface area contributed by atoms with Gasteiger partial charge in [-0.15, -0.1) is 0 Å². The van der Waals surface area contributed by atoms with Crippen molar-refractivity contribution in [2.75, 3.05) is 6.61 Å². The first kappa shape index (κ1) is 11.7. The topological polar surface area (TPSA) is 44.8 Å². The second-order valence-corrected chi connectivity index (χ2v) is 6.26. The molecule has 4 atom stereocenters. The van der Waals surface area contributed by atoms with Crippen molar-refractivity contribution in [2.24, 2.45) is 5.92 Å². The zero-order valence-electron chi connectivity index (χ0n) is 11.1. The molecular weight excluding hydrogens is 244 g/mol. The summed E-state index contributed by atoms with van der Waals surface area (Å²) < 4.78 is 17.6. The van der Waals surface area contributed by atoms with E-state index in [0.29, 0.717) is 18.6 Å². The van der Waals surface area contributed by atoms with Crippen LogP contribution in [0.1, 0.15) is 32.6 Å². The van der Waals surface area contributed by atoms with Crippen molar-refractivity contribution in [1.29, 1.82) is 0 Å². The Labute approximate surface area is 112 Å². The Morgan fingerprint density at radius 3 is 3.16 bits per heavy atom. The minimum atomic E-state index is -0.462. The summed E-state index contributed by atoms with van der Waals surface area (Å²) in [6.07, 6.45) is 5.55. The van der Waals surface area contributed by atoms with Crippen LogP contribution in [0.25, 0.3) is 0 Å². The molecule has 4 aliphatic rings. The van der Waals surface area contributed by atoms with E-state index in [0.717, 1.165) is 19.3 Å². The number of hydrogen-bond acceptors (Lipinski definition) is 4. The second kappa shape index (κ2) is 3.49. The Balaban J connectivity index is 1.72. The number of carbonyl (C=O) groups is 1. The summed E-state index contributed by atoms with van der Waals surface area (Å²) in [6.45, 7) is 6.45. The molecule has 4 unspecified atom stereocenters. The molecule has 0 aromatic heterocycles. The zero-order chi connectivity index (χ0) is 13.3. The van der Waals surface area contributed by atoms with Gasteiger partial charge in [0.05, 0.1) is 6.61 Å². The summed E-state index contributed by atoms with van der Waals surface area (Å²) in [7, 11) is 0. The SMILES string of the molecule is C=C1C(=O)OC2CC34COC(C)(CCC3=CCC12)O4. The molecule has 19 heavy (non-hydrogen) atoms. The first-order chi connectivity index (χ1) is 9.01. The molecule has 4 rings (SSSR count). The second-order valence-electron chi connectivity index (χ2n) is 6.26. The molecule has 3 aliphatic heterocycles. The number of carbonyl (C=O) groups excluding carboxylic acids is 1. The number of ether oxygens (including phenoxy) is 3. The lowest BCUT2D eigenvalue weighted by molar-refractivity contribution is -0.189. The molecule has 0 aromatic rings. The molecule has 1 spiro atoms. The maximum atomic E-state index is 11.7. The summed E-state index contributed by atoms with van der Waals surface area (Å²) >= 11 is 0. The lowest BCUT2D eigenvalue weighted by atomic mass is 9.83. The first-order valence-electron chi connectivity index (χ1n) is 6.95. The molecule has 0 amide bonds. The Bertz CT molecular complexity index is 508. The van der Waals surface area contributed by atoms with Gasteiger partial charge in [-0.2, -0.15) is 0 Å². The Morgan fingerprint density at radius 1 is 1.47 bits per heavy atom. The Morgan fingerprint density at radius 2 is 2.32 bits per heavy atom. The van der Waals surface area contributed by atoms with Gasteiger partial charge in [-0.05, 0) is 25.3 Å². The van der Waals surface area contributed by atoms with Gasteiger partial charge >= 0.3 is 5.97 Å². The van der Waals surface area contributed by atoms with E-state index in [-0.39, 0.29) is 23.6 Å². The first-order valence-corrected chi connectivity index (χ1v) is 6.95. The summed E-state index contributed by atoms with van der Waals surface area (Å²) in [4.78, 5) is 11.7. The van der Waals surface area contributed by atoms with E-state index in [9.17, 15) is 4.79 Å². The number of fused-ring (bicyclic) bond motifs is 2. The average Bonchev–Trinajstić information content (AvgIpc) is 2.71. The van der Waals surface area contributed by atoms with E-state index >= 15 is 0 Å². The van der Waals surface area contributed by atoms with Crippen LogP contribution in [0, 0.1) is 5.92 Å². The normalized spacial score (nSPS) is 48.2. The van der Waals surface area contributed by atoms with Gasteiger partial charge in [-0.25, -0.2) is 4.79 Å². The predicted octanol–water partition coefficient (Wildman–Crippen LogP) is 2.10. The summed E-state index contributed by atoms with van der Waals surface area (Å²) in [5.41, 5.74) is 1.55. The molecule has 102 valence electrons. The highest BCUT2D eigenvalue weighted by Crippen LogP contribution is 2.52. The molecule has 4 heteroatoms. The van der Waals surface area contributed by atoms with Gasteiger partial charge in [0.2, 0.25) is 0 Å². The minimum Gasteiger partial charge on any atom is -0.458 e. The highest BCUT2D eigenvalue weighted by molar-refractivity contribution is 5.90. The summed E-state index contributed by atoms with van der Waals surface area (Å²) in [6, 6.07) is 0. The van der Waals surface area contributed by atoms with Crippen LogP contribution in [0.5, 0.6) is 0 Å². The largest absolute Gasteiger partial charge is 0.458 e. The monoisotopic (exact) mass is 262 g/mol. The van der Waals surface area contributed by atoms with Gasteiger partial charge in [0.25, 0.3) is 0 Å². The highest BCUT2D eigenvalue weighted by atomic mass is 16.8. The van der Waals surface area contributed by atoms with Gasteiger partial charge in [0.15, 0.2) is 5.79 Å². The molecular formula is C15H18O4. The van der Waals surface area contributed by atoms with Crippen LogP contribution in [0.3, 0.4) is 0 Å². The van der Waals surface area contributed by atoms with Crippen LogP contribution in [0.15, 0.2) is 23.8 Å². The lowest BCUT2D eigenvalue weighted by Crippen LogP contribution is -2.44. The molecule has 0 saturated carbocycles. The van der Waals surface area contributed by atoms with Gasteiger partial charge in [-0.1, -0.05) is 12.7 Å². The van der Waals surface area contributed by atoms with Crippen molar-refractivity contribution in [3.63, 3.8) is 0 Å². The standard InChI is InChI=1S/C15H18O4/c1-9-11-4-3-10-5-6-14(2)17-8-15(10,19-14)7-12(11)18-13(9)16/h3,11-12H,1,4-8H2,2H3. The molecule has 4 nitrogen and oxygen atoms in total. The van der Waals surface area contributed by atoms with Crippen molar-refractivity contribution in [1.82, 2.24) is 0 Å². The van der Waals surface area contributed by atoms with E-state index in [2.05, 4.69) is 12.7 Å². The van der Waals surface area contributed by atoms with Crippen molar-refractivity contribution >= 4 is 5.97 Å². The lowest BCUT2D eigenvalue weighted by Gasteiger charge is -2.38. The van der Waals surface area contributed by atoms with Gasteiger partial charge in [-0.3, -0.25) is 0 Å². The highest BCUT2D eigenvalue weighted by Gasteiger charge is 2.57. The Hall–Kier alpha value is -1.13. The summed E-state index contributed by atoms with van der Waals surface area (Å²) in [5, 5.41) is 0. The van der Waals surface area contributed by atoms with E-state index in [1.54, 1.807) is 0 Å². The minimum absolute atomic E-state index is 0.107. The zero-order valence-corrected chi connectivity index (χ0v) is 11.1. The third-order valence-electron chi connectivity index (χ3n) is 5.02. The van der Waals surface area contributed by atoms with Gasteiger partial charge < -0.3 is 14.2 Å². The third-order valence-corrected chi connectivity index (χ3v) is 5.02. The van der Waals surface area contributed by atoms with Crippen molar-refractivity contribution in [3.05, 3.63) is 23.8 Å². The maximum Gasteiger partial charge on any atom is 0.334 e. The van der Waals surface area contributed by atoms with Crippen molar-refractivity contribution < 1.29 is 19.0 Å². The number of hydrogen-bond donors (Lipinski definition) is 0. The quantitative estimate of drug-likeness (QED) is 0.381. The van der Waals surface area contributed by atoms with Crippen molar-refractivity contribution in [2.45, 2.75) is 50.1 Å². The van der Waals surface area contributed by atoms with E-state index in [4.69, 9.17) is 14.2 Å². The van der Waals surface area contributed by atoms with Crippen LogP contribution in [0.2, 0.25) is 0 Å². The van der Waals surface area contributed by atoms with Crippen LogP contribution in [-0.2, 0) is 19.0 Å². The van der Waals surface area contributed by atoms with Gasteiger partial charge in [0.1, 0.15) is 11.7 Å². The van der Waals surface area contributed by atoms with Gasteiger partial charge in [0, 0.05) is 24.3 Å². The smallest absolute Gasteiger partial charge is 0.334 e. The maximum absolute atomic E-state index is 11.7. The molecule has 0 radical (unpaired) electrons. The van der Waals surface area contributed by atoms with Crippen LogP contribution in [-0.4, -0.2) is 30.1 Å². The van der Waals surface area contributed by atoms with Crippen molar-refractivity contribution in [3.8, 4) is 0 Å². The average molecular weight is 262 g/mol. The molecule has 1 aliphatic carbocycles. The Kier molecular flexibility index (Phi) is 2.15. The number of esters is 1. The van der Waals surface area contributed by atoms with E-state index in [1.807, 2.05) is 6.92 Å². The van der Waals surface area contributed by atoms with Crippen LogP contribution < -0.4 is 0 Å².